The first-order valence-corrected chi connectivity index (χ1v) is 11.7. The Morgan fingerprint density at radius 2 is 1.61 bits per heavy atom. The Morgan fingerprint density at radius 3 is 2.39 bits per heavy atom. The van der Waals surface area contributed by atoms with E-state index in [-0.39, 0.29) is 11.7 Å². The van der Waals surface area contributed by atoms with Crippen LogP contribution < -0.4 is 16.4 Å². The van der Waals surface area contributed by atoms with E-state index >= 15 is 0 Å². The summed E-state index contributed by atoms with van der Waals surface area (Å²) in [5.74, 6) is 0.176. The SMILES string of the molecule is NCc1cccc(CNC(=O)c2cccn3c(NCc4ccccc4)c(-c4ccc(F)cc4)nc23)c1. The maximum atomic E-state index is 13.6. The lowest BCUT2D eigenvalue weighted by molar-refractivity contribution is 0.0952. The summed E-state index contributed by atoms with van der Waals surface area (Å²) in [7, 11) is 0. The molecular weight excluding hydrogens is 453 g/mol. The Balaban J connectivity index is 1.49. The minimum atomic E-state index is -0.319. The van der Waals surface area contributed by atoms with Gasteiger partial charge in [-0.2, -0.15) is 0 Å². The van der Waals surface area contributed by atoms with Crippen LogP contribution in [0.5, 0.6) is 0 Å². The van der Waals surface area contributed by atoms with Gasteiger partial charge in [0.2, 0.25) is 0 Å². The van der Waals surface area contributed by atoms with E-state index in [9.17, 15) is 9.18 Å². The molecule has 2 aromatic heterocycles. The smallest absolute Gasteiger partial charge is 0.255 e. The number of nitrogens with zero attached hydrogens (tertiary/aromatic N) is 2. The van der Waals surface area contributed by atoms with E-state index in [0.29, 0.717) is 36.5 Å². The molecule has 0 bridgehead atoms. The van der Waals surface area contributed by atoms with Gasteiger partial charge in [-0.05, 0) is 53.1 Å². The van der Waals surface area contributed by atoms with Gasteiger partial charge in [0.1, 0.15) is 17.3 Å². The molecule has 0 fully saturated rings. The summed E-state index contributed by atoms with van der Waals surface area (Å²) < 4.78 is 15.5. The monoisotopic (exact) mass is 479 g/mol. The van der Waals surface area contributed by atoms with Gasteiger partial charge in [-0.25, -0.2) is 9.37 Å². The molecule has 6 nitrogen and oxygen atoms in total. The van der Waals surface area contributed by atoms with E-state index in [2.05, 4.69) is 10.6 Å². The number of halogens is 1. The number of nitrogens with one attached hydrogen (secondary N) is 2. The van der Waals surface area contributed by atoms with Crippen molar-refractivity contribution in [3.05, 3.63) is 125 Å². The molecule has 0 radical (unpaired) electrons. The highest BCUT2D eigenvalue weighted by Crippen LogP contribution is 2.30. The van der Waals surface area contributed by atoms with Crippen molar-refractivity contribution in [3.63, 3.8) is 0 Å². The molecule has 4 N–H and O–H groups in total. The van der Waals surface area contributed by atoms with Crippen LogP contribution >= 0.6 is 0 Å². The van der Waals surface area contributed by atoms with Crippen LogP contribution in [0.3, 0.4) is 0 Å². The number of pyridine rings is 1. The second-order valence-electron chi connectivity index (χ2n) is 8.48. The Morgan fingerprint density at radius 1 is 0.861 bits per heavy atom. The molecule has 0 aliphatic carbocycles. The molecule has 0 aliphatic rings. The molecule has 1 amide bonds. The van der Waals surface area contributed by atoms with Crippen molar-refractivity contribution in [1.29, 1.82) is 0 Å². The summed E-state index contributed by atoms with van der Waals surface area (Å²) in [6.07, 6.45) is 1.87. The van der Waals surface area contributed by atoms with Crippen LogP contribution in [-0.2, 0) is 19.6 Å². The molecule has 5 rings (SSSR count). The quantitative estimate of drug-likeness (QED) is 0.288. The number of hydrogen-bond acceptors (Lipinski definition) is 4. The Labute approximate surface area is 208 Å². The van der Waals surface area contributed by atoms with Crippen molar-refractivity contribution in [2.45, 2.75) is 19.6 Å². The Hall–Kier alpha value is -4.49. The van der Waals surface area contributed by atoms with Crippen LogP contribution in [-0.4, -0.2) is 15.3 Å². The van der Waals surface area contributed by atoms with Crippen LogP contribution in [0.4, 0.5) is 10.2 Å². The van der Waals surface area contributed by atoms with Crippen molar-refractivity contribution >= 4 is 17.4 Å². The van der Waals surface area contributed by atoms with Gasteiger partial charge in [0.25, 0.3) is 5.91 Å². The van der Waals surface area contributed by atoms with E-state index in [1.54, 1.807) is 18.2 Å². The lowest BCUT2D eigenvalue weighted by atomic mass is 10.1. The molecule has 0 spiro atoms. The minimum Gasteiger partial charge on any atom is -0.365 e. The number of carbonyl (C=O) groups is 1. The molecule has 5 aromatic rings. The van der Waals surface area contributed by atoms with Gasteiger partial charge in [-0.15, -0.1) is 0 Å². The first-order chi connectivity index (χ1) is 17.6. The molecule has 0 unspecified atom stereocenters. The van der Waals surface area contributed by atoms with Crippen molar-refractivity contribution in [1.82, 2.24) is 14.7 Å². The van der Waals surface area contributed by atoms with E-state index < -0.39 is 0 Å². The largest absolute Gasteiger partial charge is 0.365 e. The lowest BCUT2D eigenvalue weighted by Gasteiger charge is -2.10. The van der Waals surface area contributed by atoms with Gasteiger partial charge in [-0.1, -0.05) is 54.6 Å². The van der Waals surface area contributed by atoms with E-state index in [0.717, 1.165) is 28.1 Å². The van der Waals surface area contributed by atoms with Crippen molar-refractivity contribution in [2.24, 2.45) is 5.73 Å². The average Bonchev–Trinajstić information content (AvgIpc) is 3.30. The number of anilines is 1. The summed E-state index contributed by atoms with van der Waals surface area (Å²) in [6, 6.07) is 27.6. The number of benzene rings is 3. The zero-order chi connectivity index (χ0) is 24.9. The van der Waals surface area contributed by atoms with Crippen LogP contribution in [0.1, 0.15) is 27.0 Å². The third-order valence-electron chi connectivity index (χ3n) is 6.00. The van der Waals surface area contributed by atoms with Gasteiger partial charge in [0, 0.05) is 31.4 Å². The fraction of sp³-hybridized carbons (Fsp3) is 0.103. The predicted molar refractivity (Wildman–Crippen MR) is 140 cm³/mol. The number of amides is 1. The zero-order valence-electron chi connectivity index (χ0n) is 19.6. The number of aromatic nitrogens is 2. The maximum absolute atomic E-state index is 13.6. The number of rotatable bonds is 8. The first-order valence-electron chi connectivity index (χ1n) is 11.7. The van der Waals surface area contributed by atoms with Crippen molar-refractivity contribution < 1.29 is 9.18 Å². The average molecular weight is 480 g/mol. The molecule has 7 heteroatoms. The maximum Gasteiger partial charge on any atom is 0.255 e. The molecule has 0 saturated carbocycles. The minimum absolute atomic E-state index is 0.232. The van der Waals surface area contributed by atoms with E-state index in [1.165, 1.54) is 12.1 Å². The topological polar surface area (TPSA) is 84.5 Å². The number of imidazole rings is 1. The van der Waals surface area contributed by atoms with Crippen LogP contribution in [0.25, 0.3) is 16.9 Å². The summed E-state index contributed by atoms with van der Waals surface area (Å²) >= 11 is 0. The molecule has 3 aromatic carbocycles. The Bertz CT molecular complexity index is 1500. The van der Waals surface area contributed by atoms with Gasteiger partial charge in [0.15, 0.2) is 5.65 Å². The standard InChI is InChI=1S/C29H26FN5O/c30-24-13-11-23(12-14-24)26-28(32-18-20-6-2-1-3-7-20)35-15-5-10-25(27(35)34-26)29(36)33-19-22-9-4-8-21(16-22)17-31/h1-16,32H,17-19,31H2,(H,33,36). The third kappa shape index (κ3) is 4.96. The highest BCUT2D eigenvalue weighted by atomic mass is 19.1. The number of nitrogens with two attached hydrogens (primary N) is 1. The van der Waals surface area contributed by atoms with Crippen LogP contribution in [0, 0.1) is 5.82 Å². The lowest BCUT2D eigenvalue weighted by Crippen LogP contribution is -2.23. The van der Waals surface area contributed by atoms with Crippen LogP contribution in [0.15, 0.2) is 97.2 Å². The molecule has 0 atom stereocenters. The molecule has 36 heavy (non-hydrogen) atoms. The Kier molecular flexibility index (Phi) is 6.73. The van der Waals surface area contributed by atoms with Gasteiger partial charge in [-0.3, -0.25) is 9.20 Å². The molecule has 180 valence electrons. The molecular formula is C29H26FN5O. The summed E-state index contributed by atoms with van der Waals surface area (Å²) in [5, 5.41) is 6.45. The van der Waals surface area contributed by atoms with Gasteiger partial charge >= 0.3 is 0 Å². The molecule has 0 saturated heterocycles. The van der Waals surface area contributed by atoms with Gasteiger partial charge < -0.3 is 16.4 Å². The fourth-order valence-corrected chi connectivity index (χ4v) is 4.15. The molecule has 2 heterocycles. The molecule has 0 aliphatic heterocycles. The normalized spacial score (nSPS) is 10.9. The second-order valence-corrected chi connectivity index (χ2v) is 8.48. The van der Waals surface area contributed by atoms with Gasteiger partial charge in [0.05, 0.1) is 5.56 Å². The second kappa shape index (κ2) is 10.4. The van der Waals surface area contributed by atoms with E-state index in [4.69, 9.17) is 10.7 Å². The van der Waals surface area contributed by atoms with E-state index in [1.807, 2.05) is 71.3 Å². The summed E-state index contributed by atoms with van der Waals surface area (Å²) in [5.41, 5.74) is 11.2. The zero-order valence-corrected chi connectivity index (χ0v) is 19.6. The number of fused-ring (bicyclic) bond motifs is 1. The summed E-state index contributed by atoms with van der Waals surface area (Å²) in [4.78, 5) is 18.0. The first kappa shape index (κ1) is 23.3. The number of hydrogen-bond donors (Lipinski definition) is 3. The summed E-state index contributed by atoms with van der Waals surface area (Å²) in [6.45, 7) is 1.38. The third-order valence-corrected chi connectivity index (χ3v) is 6.00. The highest BCUT2D eigenvalue weighted by Gasteiger charge is 2.19. The predicted octanol–water partition coefficient (Wildman–Crippen LogP) is 5.14. The number of carbonyl (C=O) groups excluding carboxylic acids is 1. The van der Waals surface area contributed by atoms with Crippen LogP contribution in [0.2, 0.25) is 0 Å². The fourth-order valence-electron chi connectivity index (χ4n) is 4.15. The highest BCUT2D eigenvalue weighted by molar-refractivity contribution is 6.00. The van der Waals surface area contributed by atoms with Crippen molar-refractivity contribution in [2.75, 3.05) is 5.32 Å². The van der Waals surface area contributed by atoms with Crippen molar-refractivity contribution in [3.8, 4) is 11.3 Å².